The van der Waals surface area contributed by atoms with Crippen molar-refractivity contribution in [1.29, 1.82) is 0 Å². The van der Waals surface area contributed by atoms with Gasteiger partial charge < -0.3 is 9.30 Å². The van der Waals surface area contributed by atoms with Crippen LogP contribution in [-0.4, -0.2) is 17.1 Å². The lowest BCUT2D eigenvalue weighted by molar-refractivity contribution is -0.137. The van der Waals surface area contributed by atoms with Crippen molar-refractivity contribution in [3.8, 4) is 0 Å². The quantitative estimate of drug-likeness (QED) is 0.615. The molecule has 0 atom stereocenters. The number of aromatic nitrogens is 1. The first-order valence-corrected chi connectivity index (χ1v) is 8.67. The summed E-state index contributed by atoms with van der Waals surface area (Å²) in [5, 5.41) is 0.0335. The van der Waals surface area contributed by atoms with Crippen LogP contribution < -0.4 is 5.43 Å². The van der Waals surface area contributed by atoms with Crippen LogP contribution in [0.4, 0.5) is 13.2 Å². The lowest BCUT2D eigenvalue weighted by Crippen LogP contribution is -2.21. The number of nitrogens with zero attached hydrogens (tertiary/aromatic N) is 1. The normalized spacial score (nSPS) is 11.6. The fourth-order valence-corrected chi connectivity index (χ4v) is 3.06. The van der Waals surface area contributed by atoms with Crippen LogP contribution in [-0.2, 0) is 17.5 Å². The first-order chi connectivity index (χ1) is 13.2. The van der Waals surface area contributed by atoms with E-state index in [1.807, 2.05) is 31.2 Å². The predicted molar refractivity (Wildman–Crippen MR) is 99.4 cm³/mol. The van der Waals surface area contributed by atoms with Crippen molar-refractivity contribution in [2.75, 3.05) is 6.61 Å². The molecule has 1 heterocycles. The van der Waals surface area contributed by atoms with Crippen molar-refractivity contribution >= 4 is 16.9 Å². The highest BCUT2D eigenvalue weighted by Crippen LogP contribution is 2.31. The Hall–Kier alpha value is -3.09. The molecule has 28 heavy (non-hydrogen) atoms. The Bertz CT molecular complexity index is 1100. The molecule has 0 bridgehead atoms. The Labute approximate surface area is 159 Å². The third-order valence-electron chi connectivity index (χ3n) is 4.34. The smallest absolute Gasteiger partial charge is 0.416 e. The summed E-state index contributed by atoms with van der Waals surface area (Å²) in [6.45, 7) is 3.80. The van der Waals surface area contributed by atoms with Crippen LogP contribution in [0.2, 0.25) is 0 Å². The summed E-state index contributed by atoms with van der Waals surface area (Å²) < 4.78 is 45.9. The highest BCUT2D eigenvalue weighted by atomic mass is 19.4. The van der Waals surface area contributed by atoms with E-state index in [1.165, 1.54) is 10.8 Å². The lowest BCUT2D eigenvalue weighted by Gasteiger charge is -2.15. The number of alkyl halides is 3. The van der Waals surface area contributed by atoms with Crippen LogP contribution >= 0.6 is 0 Å². The number of hydrogen-bond acceptors (Lipinski definition) is 3. The van der Waals surface area contributed by atoms with Gasteiger partial charge in [-0.25, -0.2) is 4.79 Å². The van der Waals surface area contributed by atoms with E-state index in [0.717, 1.165) is 29.3 Å². The van der Waals surface area contributed by atoms with Gasteiger partial charge in [0.2, 0.25) is 5.43 Å². The van der Waals surface area contributed by atoms with Crippen LogP contribution in [0.3, 0.4) is 0 Å². The summed E-state index contributed by atoms with van der Waals surface area (Å²) in [6, 6.07) is 10.3. The predicted octanol–water partition coefficient (Wildman–Crippen LogP) is 4.55. The van der Waals surface area contributed by atoms with Crippen molar-refractivity contribution in [2.45, 2.75) is 26.6 Å². The number of aryl methyl sites for hydroxylation is 1. The molecule has 0 saturated carbocycles. The molecule has 0 aliphatic heterocycles. The van der Waals surface area contributed by atoms with Gasteiger partial charge in [0.05, 0.1) is 17.7 Å². The summed E-state index contributed by atoms with van der Waals surface area (Å²) in [7, 11) is 0. The van der Waals surface area contributed by atoms with E-state index in [2.05, 4.69) is 0 Å². The van der Waals surface area contributed by atoms with Crippen LogP contribution in [0.15, 0.2) is 53.5 Å². The number of carbonyl (C=O) groups excluding carboxylic acids is 1. The van der Waals surface area contributed by atoms with Gasteiger partial charge in [-0.15, -0.1) is 0 Å². The van der Waals surface area contributed by atoms with E-state index in [4.69, 9.17) is 4.74 Å². The van der Waals surface area contributed by atoms with Crippen LogP contribution in [0.5, 0.6) is 0 Å². The Kier molecular flexibility index (Phi) is 5.27. The maximum absolute atomic E-state index is 13.2. The first kappa shape index (κ1) is 19.7. The Morgan fingerprint density at radius 3 is 2.54 bits per heavy atom. The molecule has 0 fully saturated rings. The second kappa shape index (κ2) is 7.50. The molecule has 4 nitrogen and oxygen atoms in total. The van der Waals surface area contributed by atoms with E-state index in [0.29, 0.717) is 0 Å². The highest BCUT2D eigenvalue weighted by molar-refractivity contribution is 5.94. The van der Waals surface area contributed by atoms with Gasteiger partial charge in [-0.05, 0) is 37.6 Å². The average molecular weight is 389 g/mol. The summed E-state index contributed by atoms with van der Waals surface area (Å²) in [6.07, 6.45) is -3.27. The number of carbonyl (C=O) groups is 1. The standard InChI is InChI=1S/C21H18F3NO3/c1-3-28-20(27)17-12-25(11-14-6-4-5-13(2)9-14)18-10-15(21(22,23)24)7-8-16(18)19(17)26/h4-10,12H,3,11H2,1-2H3. The summed E-state index contributed by atoms with van der Waals surface area (Å²) in [4.78, 5) is 24.8. The number of fused-ring (bicyclic) bond motifs is 1. The minimum Gasteiger partial charge on any atom is -0.462 e. The van der Waals surface area contributed by atoms with E-state index in [9.17, 15) is 22.8 Å². The van der Waals surface area contributed by atoms with E-state index in [-0.39, 0.29) is 29.6 Å². The molecule has 0 aliphatic rings. The number of rotatable bonds is 4. The number of ether oxygens (including phenoxy) is 1. The van der Waals surface area contributed by atoms with Crippen LogP contribution in [0.25, 0.3) is 10.9 Å². The van der Waals surface area contributed by atoms with Crippen molar-refractivity contribution in [1.82, 2.24) is 4.57 Å². The molecule has 7 heteroatoms. The van der Waals surface area contributed by atoms with Gasteiger partial charge in [0.15, 0.2) is 0 Å². The lowest BCUT2D eigenvalue weighted by atomic mass is 10.1. The zero-order valence-corrected chi connectivity index (χ0v) is 15.3. The second-order valence-electron chi connectivity index (χ2n) is 6.44. The van der Waals surface area contributed by atoms with E-state index >= 15 is 0 Å². The summed E-state index contributed by atoms with van der Waals surface area (Å²) in [5.41, 5.74) is 0.210. The number of benzene rings is 2. The molecular formula is C21H18F3NO3. The number of pyridine rings is 1. The molecule has 146 valence electrons. The zero-order valence-electron chi connectivity index (χ0n) is 15.3. The van der Waals surface area contributed by atoms with Gasteiger partial charge in [0.1, 0.15) is 5.56 Å². The molecule has 3 rings (SSSR count). The summed E-state index contributed by atoms with van der Waals surface area (Å²) >= 11 is 0. The molecule has 0 amide bonds. The van der Waals surface area contributed by atoms with Crippen molar-refractivity contribution in [3.63, 3.8) is 0 Å². The number of esters is 1. The minimum absolute atomic E-state index is 0.0335. The maximum atomic E-state index is 13.2. The molecule has 0 saturated heterocycles. The van der Waals surface area contributed by atoms with Gasteiger partial charge in [0, 0.05) is 18.1 Å². The fourth-order valence-electron chi connectivity index (χ4n) is 3.06. The molecular weight excluding hydrogens is 371 g/mol. The first-order valence-electron chi connectivity index (χ1n) is 8.67. The molecule has 0 unspecified atom stereocenters. The average Bonchev–Trinajstić information content (AvgIpc) is 2.63. The molecule has 0 N–H and O–H groups in total. The van der Waals surface area contributed by atoms with Crippen LogP contribution in [0, 0.1) is 6.92 Å². The second-order valence-corrected chi connectivity index (χ2v) is 6.44. The SMILES string of the molecule is CCOC(=O)c1cn(Cc2cccc(C)c2)c2cc(C(F)(F)F)ccc2c1=O. The highest BCUT2D eigenvalue weighted by Gasteiger charge is 2.31. The molecule has 2 aromatic carbocycles. The van der Waals surface area contributed by atoms with Gasteiger partial charge in [-0.3, -0.25) is 4.79 Å². The van der Waals surface area contributed by atoms with E-state index in [1.54, 1.807) is 6.92 Å². The van der Waals surface area contributed by atoms with Crippen molar-refractivity contribution in [3.05, 3.63) is 81.1 Å². The molecule has 1 aromatic heterocycles. The monoisotopic (exact) mass is 389 g/mol. The zero-order chi connectivity index (χ0) is 20.5. The molecule has 3 aromatic rings. The number of hydrogen-bond donors (Lipinski definition) is 0. The molecule has 0 radical (unpaired) electrons. The van der Waals surface area contributed by atoms with Crippen molar-refractivity contribution < 1.29 is 22.7 Å². The molecule has 0 aliphatic carbocycles. The van der Waals surface area contributed by atoms with Gasteiger partial charge in [-0.2, -0.15) is 13.2 Å². The topological polar surface area (TPSA) is 48.3 Å². The van der Waals surface area contributed by atoms with Crippen molar-refractivity contribution in [2.24, 2.45) is 0 Å². The largest absolute Gasteiger partial charge is 0.462 e. The Morgan fingerprint density at radius 1 is 1.14 bits per heavy atom. The third-order valence-corrected chi connectivity index (χ3v) is 4.34. The maximum Gasteiger partial charge on any atom is 0.416 e. The minimum atomic E-state index is -4.54. The van der Waals surface area contributed by atoms with Gasteiger partial charge in [0.25, 0.3) is 0 Å². The van der Waals surface area contributed by atoms with E-state index < -0.39 is 23.1 Å². The number of halogens is 3. The Morgan fingerprint density at radius 2 is 1.89 bits per heavy atom. The fraction of sp³-hybridized carbons (Fsp3) is 0.238. The molecule has 0 spiro atoms. The van der Waals surface area contributed by atoms with Gasteiger partial charge in [-0.1, -0.05) is 29.8 Å². The van der Waals surface area contributed by atoms with Crippen LogP contribution in [0.1, 0.15) is 34.0 Å². The third kappa shape index (κ3) is 3.93. The summed E-state index contributed by atoms with van der Waals surface area (Å²) in [5.74, 6) is -0.799. The Balaban J connectivity index is 2.25. The van der Waals surface area contributed by atoms with Gasteiger partial charge >= 0.3 is 12.1 Å².